The number of anilines is 1. The molecule has 0 bridgehead atoms. The van der Waals surface area contributed by atoms with Crippen molar-refractivity contribution in [3.05, 3.63) is 29.8 Å². The first-order valence-corrected chi connectivity index (χ1v) is 7.55. The van der Waals surface area contributed by atoms with Crippen LogP contribution in [0.25, 0.3) is 0 Å². The number of amides is 2. The quantitative estimate of drug-likeness (QED) is 0.797. The highest BCUT2D eigenvalue weighted by atomic mass is 16.3. The van der Waals surface area contributed by atoms with E-state index in [0.717, 1.165) is 37.1 Å². The summed E-state index contributed by atoms with van der Waals surface area (Å²) in [5, 5.41) is 21.4. The van der Waals surface area contributed by atoms with E-state index in [-0.39, 0.29) is 12.6 Å². The fraction of sp³-hybridized carbons (Fsp3) is 0.562. The fourth-order valence-electron chi connectivity index (χ4n) is 2.72. The molecule has 21 heavy (non-hydrogen) atoms. The van der Waals surface area contributed by atoms with Gasteiger partial charge in [0.25, 0.3) is 0 Å². The molecule has 1 aliphatic heterocycles. The molecule has 2 amide bonds. The molecule has 0 saturated carbocycles. The highest BCUT2D eigenvalue weighted by Gasteiger charge is 2.23. The number of hydrogen-bond donors (Lipinski definition) is 3. The number of likely N-dealkylation sites (tertiary alicyclic amines) is 1. The zero-order chi connectivity index (χ0) is 15.2. The first-order chi connectivity index (χ1) is 10.1. The van der Waals surface area contributed by atoms with Gasteiger partial charge in [0.15, 0.2) is 0 Å². The van der Waals surface area contributed by atoms with Gasteiger partial charge in [0, 0.05) is 25.4 Å². The number of carbonyl (C=O) groups excluding carboxylic acids is 1. The Bertz CT molecular complexity index is 457. The van der Waals surface area contributed by atoms with Crippen LogP contribution in [0.3, 0.4) is 0 Å². The lowest BCUT2D eigenvalue weighted by atomic mass is 9.95. The van der Waals surface area contributed by atoms with Crippen LogP contribution in [-0.2, 0) is 0 Å². The highest BCUT2D eigenvalue weighted by Crippen LogP contribution is 2.21. The molecule has 0 aliphatic carbocycles. The van der Waals surface area contributed by atoms with Crippen LogP contribution in [0.1, 0.15) is 37.9 Å². The molecule has 5 nitrogen and oxygen atoms in total. The minimum absolute atomic E-state index is 0.0950. The number of aliphatic hydroxyl groups excluding tert-OH is 2. The number of piperidine rings is 1. The molecule has 0 spiro atoms. The highest BCUT2D eigenvalue weighted by molar-refractivity contribution is 5.89. The first-order valence-electron chi connectivity index (χ1n) is 7.55. The van der Waals surface area contributed by atoms with Crippen molar-refractivity contribution in [1.29, 1.82) is 0 Å². The van der Waals surface area contributed by atoms with Gasteiger partial charge >= 0.3 is 6.03 Å². The maximum atomic E-state index is 12.2. The summed E-state index contributed by atoms with van der Waals surface area (Å²) in [6, 6.07) is 7.13. The Balaban J connectivity index is 1.91. The molecule has 2 atom stereocenters. The minimum Gasteiger partial charge on any atom is -0.396 e. The van der Waals surface area contributed by atoms with Crippen LogP contribution in [0.2, 0.25) is 0 Å². The number of nitrogens with zero attached hydrogens (tertiary/aromatic N) is 1. The average Bonchev–Trinajstić information content (AvgIpc) is 2.48. The Hall–Kier alpha value is -1.59. The smallest absolute Gasteiger partial charge is 0.321 e. The molecule has 5 heteroatoms. The van der Waals surface area contributed by atoms with Crippen molar-refractivity contribution in [2.45, 2.75) is 32.3 Å². The van der Waals surface area contributed by atoms with Crippen LogP contribution < -0.4 is 5.32 Å². The molecule has 1 saturated heterocycles. The lowest BCUT2D eigenvalue weighted by molar-refractivity contribution is 0.159. The summed E-state index contributed by atoms with van der Waals surface area (Å²) in [5.41, 5.74) is 1.56. The summed E-state index contributed by atoms with van der Waals surface area (Å²) in [6.45, 7) is 3.36. The van der Waals surface area contributed by atoms with Crippen LogP contribution in [0.5, 0.6) is 0 Å². The van der Waals surface area contributed by atoms with Gasteiger partial charge in [0.05, 0.1) is 6.10 Å². The van der Waals surface area contributed by atoms with Crippen molar-refractivity contribution >= 4 is 11.7 Å². The largest absolute Gasteiger partial charge is 0.396 e. The molecule has 2 unspecified atom stereocenters. The Morgan fingerprint density at radius 2 is 2.14 bits per heavy atom. The molecule has 1 aromatic carbocycles. The summed E-state index contributed by atoms with van der Waals surface area (Å²) in [7, 11) is 0. The van der Waals surface area contributed by atoms with Gasteiger partial charge in [-0.2, -0.15) is 0 Å². The monoisotopic (exact) mass is 292 g/mol. The van der Waals surface area contributed by atoms with Crippen molar-refractivity contribution in [2.75, 3.05) is 25.0 Å². The Morgan fingerprint density at radius 1 is 1.43 bits per heavy atom. The second-order valence-corrected chi connectivity index (χ2v) is 5.69. The zero-order valence-corrected chi connectivity index (χ0v) is 12.5. The van der Waals surface area contributed by atoms with E-state index in [0.29, 0.717) is 12.5 Å². The minimum atomic E-state index is -0.504. The fourth-order valence-corrected chi connectivity index (χ4v) is 2.72. The van der Waals surface area contributed by atoms with E-state index < -0.39 is 6.10 Å². The third-order valence-corrected chi connectivity index (χ3v) is 3.99. The lowest BCUT2D eigenvalue weighted by Crippen LogP contribution is -2.42. The molecule has 0 radical (unpaired) electrons. The molecule has 0 aromatic heterocycles. The van der Waals surface area contributed by atoms with Crippen molar-refractivity contribution in [3.63, 3.8) is 0 Å². The number of nitrogens with one attached hydrogen (secondary N) is 1. The van der Waals surface area contributed by atoms with Gasteiger partial charge in [0.1, 0.15) is 0 Å². The van der Waals surface area contributed by atoms with Gasteiger partial charge in [-0.3, -0.25) is 0 Å². The van der Waals surface area contributed by atoms with Gasteiger partial charge in [0.2, 0.25) is 0 Å². The third kappa shape index (κ3) is 4.44. The van der Waals surface area contributed by atoms with E-state index in [4.69, 9.17) is 5.11 Å². The van der Waals surface area contributed by atoms with Gasteiger partial charge in [-0.15, -0.1) is 0 Å². The Labute approximate surface area is 125 Å². The average molecular weight is 292 g/mol. The summed E-state index contributed by atoms with van der Waals surface area (Å²) in [4.78, 5) is 14.1. The molecular formula is C16H24N2O3. The number of rotatable bonds is 4. The molecule has 2 rings (SSSR count). The van der Waals surface area contributed by atoms with E-state index in [9.17, 15) is 9.90 Å². The second kappa shape index (κ2) is 7.43. The second-order valence-electron chi connectivity index (χ2n) is 5.69. The van der Waals surface area contributed by atoms with E-state index in [1.807, 2.05) is 17.0 Å². The zero-order valence-electron chi connectivity index (χ0n) is 12.5. The lowest BCUT2D eigenvalue weighted by Gasteiger charge is -2.32. The normalized spacial score (nSPS) is 20.1. The van der Waals surface area contributed by atoms with E-state index in [1.165, 1.54) is 0 Å². The predicted molar refractivity (Wildman–Crippen MR) is 82.1 cm³/mol. The third-order valence-electron chi connectivity index (χ3n) is 3.99. The molecule has 116 valence electrons. The molecule has 1 aromatic rings. The van der Waals surface area contributed by atoms with Crippen LogP contribution in [0.4, 0.5) is 10.5 Å². The SMILES string of the molecule is CC(O)c1ccc(NC(=O)N2CCCC(CCO)C2)cc1. The summed E-state index contributed by atoms with van der Waals surface area (Å²) < 4.78 is 0. The molecule has 1 fully saturated rings. The standard InChI is InChI=1S/C16H24N2O3/c1-12(20)14-4-6-15(7-5-14)17-16(21)18-9-2-3-13(11-18)8-10-19/h4-7,12-13,19-20H,2-3,8-11H2,1H3,(H,17,21). The Morgan fingerprint density at radius 3 is 2.76 bits per heavy atom. The Kier molecular flexibility index (Phi) is 5.59. The van der Waals surface area contributed by atoms with Crippen LogP contribution in [0, 0.1) is 5.92 Å². The number of benzene rings is 1. The van der Waals surface area contributed by atoms with Gasteiger partial charge in [-0.05, 0) is 49.8 Å². The van der Waals surface area contributed by atoms with Gasteiger partial charge in [-0.1, -0.05) is 12.1 Å². The number of carbonyl (C=O) groups is 1. The van der Waals surface area contributed by atoms with Crippen molar-refractivity contribution < 1.29 is 15.0 Å². The molecule has 3 N–H and O–H groups in total. The topological polar surface area (TPSA) is 72.8 Å². The van der Waals surface area contributed by atoms with Crippen molar-refractivity contribution in [2.24, 2.45) is 5.92 Å². The van der Waals surface area contributed by atoms with Crippen molar-refractivity contribution in [3.8, 4) is 0 Å². The maximum Gasteiger partial charge on any atom is 0.321 e. The number of urea groups is 1. The summed E-state index contributed by atoms with van der Waals surface area (Å²) in [5.74, 6) is 0.395. The van der Waals surface area contributed by atoms with Gasteiger partial charge in [-0.25, -0.2) is 4.79 Å². The predicted octanol–water partition coefficient (Wildman–Crippen LogP) is 2.37. The first kappa shape index (κ1) is 15.8. The van der Waals surface area contributed by atoms with Crippen LogP contribution in [-0.4, -0.2) is 40.8 Å². The van der Waals surface area contributed by atoms with E-state index in [2.05, 4.69) is 5.32 Å². The molecule has 1 aliphatic rings. The van der Waals surface area contributed by atoms with Crippen LogP contribution in [0.15, 0.2) is 24.3 Å². The van der Waals surface area contributed by atoms with E-state index in [1.54, 1.807) is 19.1 Å². The van der Waals surface area contributed by atoms with Crippen LogP contribution >= 0.6 is 0 Å². The summed E-state index contributed by atoms with van der Waals surface area (Å²) in [6.07, 6.45) is 2.32. The van der Waals surface area contributed by atoms with E-state index >= 15 is 0 Å². The summed E-state index contributed by atoms with van der Waals surface area (Å²) >= 11 is 0. The molecule has 1 heterocycles. The van der Waals surface area contributed by atoms with Gasteiger partial charge < -0.3 is 20.4 Å². The van der Waals surface area contributed by atoms with Crippen molar-refractivity contribution in [1.82, 2.24) is 4.90 Å². The number of hydrogen-bond acceptors (Lipinski definition) is 3. The number of aliphatic hydroxyl groups is 2. The maximum absolute atomic E-state index is 12.2. The molecular weight excluding hydrogens is 268 g/mol.